The molecule has 1 atom stereocenters. The summed E-state index contributed by atoms with van der Waals surface area (Å²) in [6.07, 6.45) is 1.96. The Labute approximate surface area is 90.3 Å². The number of halogens is 1. The lowest BCUT2D eigenvalue weighted by Crippen LogP contribution is -2.15. The molecule has 1 rings (SSSR count). The summed E-state index contributed by atoms with van der Waals surface area (Å²) >= 11 is 5.76. The van der Waals surface area contributed by atoms with Gasteiger partial charge in [0.15, 0.2) is 0 Å². The monoisotopic (exact) mass is 213 g/mol. The Balaban J connectivity index is 2.45. The van der Waals surface area contributed by atoms with E-state index in [1.54, 1.807) is 6.20 Å². The van der Waals surface area contributed by atoms with Crippen molar-refractivity contribution in [3.8, 4) is 0 Å². The average Bonchev–Trinajstić information content (AvgIpc) is 2.14. The smallest absolute Gasteiger partial charge is 0.129 e. The Hall–Kier alpha value is -0.600. The fourth-order valence-corrected chi connectivity index (χ4v) is 1.15. The van der Waals surface area contributed by atoms with Gasteiger partial charge in [-0.15, -0.1) is 0 Å². The Kier molecular flexibility index (Phi) is 4.36. The summed E-state index contributed by atoms with van der Waals surface area (Å²) in [5.74, 6) is 0.535. The van der Waals surface area contributed by atoms with Gasteiger partial charge in [-0.3, -0.25) is 0 Å². The van der Waals surface area contributed by atoms with E-state index >= 15 is 0 Å². The van der Waals surface area contributed by atoms with Gasteiger partial charge in [0.2, 0.25) is 0 Å². The SMILES string of the molecule is CC(C)C(C)OCc1ccnc(Cl)c1. The summed E-state index contributed by atoms with van der Waals surface area (Å²) in [6.45, 7) is 6.96. The third kappa shape index (κ3) is 3.64. The summed E-state index contributed by atoms with van der Waals surface area (Å²) in [5.41, 5.74) is 1.07. The number of hydrogen-bond donors (Lipinski definition) is 0. The predicted molar refractivity (Wildman–Crippen MR) is 58.3 cm³/mol. The number of aromatic nitrogens is 1. The number of nitrogens with zero attached hydrogens (tertiary/aromatic N) is 1. The van der Waals surface area contributed by atoms with Crippen molar-refractivity contribution in [1.82, 2.24) is 4.98 Å². The molecular weight excluding hydrogens is 198 g/mol. The van der Waals surface area contributed by atoms with E-state index in [9.17, 15) is 0 Å². The van der Waals surface area contributed by atoms with Crippen LogP contribution in [0.1, 0.15) is 26.3 Å². The van der Waals surface area contributed by atoms with Crippen molar-refractivity contribution in [3.05, 3.63) is 29.0 Å². The van der Waals surface area contributed by atoms with Crippen molar-refractivity contribution >= 4 is 11.6 Å². The second-order valence-corrected chi connectivity index (χ2v) is 4.13. The molecule has 1 aromatic rings. The summed E-state index contributed by atoms with van der Waals surface area (Å²) in [6, 6.07) is 3.74. The zero-order valence-corrected chi connectivity index (χ0v) is 9.58. The molecule has 0 radical (unpaired) electrons. The van der Waals surface area contributed by atoms with Crippen LogP contribution in [0, 0.1) is 5.92 Å². The molecular formula is C11H16ClNO. The molecule has 0 amide bonds. The van der Waals surface area contributed by atoms with E-state index in [0.717, 1.165) is 5.56 Å². The van der Waals surface area contributed by atoms with Crippen LogP contribution in [0.25, 0.3) is 0 Å². The van der Waals surface area contributed by atoms with E-state index in [1.807, 2.05) is 12.1 Å². The molecule has 0 aliphatic carbocycles. The van der Waals surface area contributed by atoms with Gasteiger partial charge in [0.1, 0.15) is 5.15 Å². The molecule has 0 bridgehead atoms. The van der Waals surface area contributed by atoms with Crippen LogP contribution in [0.15, 0.2) is 18.3 Å². The van der Waals surface area contributed by atoms with E-state index in [1.165, 1.54) is 0 Å². The van der Waals surface area contributed by atoms with Gasteiger partial charge >= 0.3 is 0 Å². The van der Waals surface area contributed by atoms with Gasteiger partial charge in [0.25, 0.3) is 0 Å². The van der Waals surface area contributed by atoms with Gasteiger partial charge in [-0.05, 0) is 30.5 Å². The summed E-state index contributed by atoms with van der Waals surface area (Å²) in [7, 11) is 0. The quantitative estimate of drug-likeness (QED) is 0.716. The molecule has 3 heteroatoms. The van der Waals surface area contributed by atoms with Crippen molar-refractivity contribution in [2.45, 2.75) is 33.5 Å². The average molecular weight is 214 g/mol. The molecule has 0 N–H and O–H groups in total. The minimum Gasteiger partial charge on any atom is -0.374 e. The maximum atomic E-state index is 5.76. The van der Waals surface area contributed by atoms with Crippen LogP contribution < -0.4 is 0 Å². The topological polar surface area (TPSA) is 22.1 Å². The number of hydrogen-bond acceptors (Lipinski definition) is 2. The molecule has 78 valence electrons. The minimum atomic E-state index is 0.266. The van der Waals surface area contributed by atoms with E-state index < -0.39 is 0 Å². The fraction of sp³-hybridized carbons (Fsp3) is 0.545. The van der Waals surface area contributed by atoms with Crippen LogP contribution in [-0.2, 0) is 11.3 Å². The molecule has 2 nitrogen and oxygen atoms in total. The van der Waals surface area contributed by atoms with Crippen LogP contribution in [0.3, 0.4) is 0 Å². The summed E-state index contributed by atoms with van der Waals surface area (Å²) < 4.78 is 5.66. The molecule has 0 spiro atoms. The van der Waals surface area contributed by atoms with Crippen LogP contribution >= 0.6 is 11.6 Å². The van der Waals surface area contributed by atoms with Gasteiger partial charge in [0.05, 0.1) is 12.7 Å². The molecule has 1 heterocycles. The summed E-state index contributed by atoms with van der Waals surface area (Å²) in [4.78, 5) is 3.91. The first-order chi connectivity index (χ1) is 6.59. The highest BCUT2D eigenvalue weighted by Crippen LogP contribution is 2.11. The predicted octanol–water partition coefficient (Wildman–Crippen LogP) is 3.30. The first-order valence-electron chi connectivity index (χ1n) is 4.81. The lowest BCUT2D eigenvalue weighted by molar-refractivity contribution is 0.0235. The lowest BCUT2D eigenvalue weighted by atomic mass is 10.1. The second-order valence-electron chi connectivity index (χ2n) is 3.75. The maximum Gasteiger partial charge on any atom is 0.129 e. The van der Waals surface area contributed by atoms with Crippen LogP contribution in [0.5, 0.6) is 0 Å². The Bertz CT molecular complexity index is 288. The van der Waals surface area contributed by atoms with Crippen LogP contribution in [-0.4, -0.2) is 11.1 Å². The Morgan fingerprint density at radius 1 is 1.43 bits per heavy atom. The molecule has 0 saturated carbocycles. The largest absolute Gasteiger partial charge is 0.374 e. The van der Waals surface area contributed by atoms with Gasteiger partial charge in [-0.1, -0.05) is 25.4 Å². The molecule has 1 unspecified atom stereocenters. The fourth-order valence-electron chi connectivity index (χ4n) is 0.952. The number of rotatable bonds is 4. The van der Waals surface area contributed by atoms with Crippen molar-refractivity contribution in [1.29, 1.82) is 0 Å². The minimum absolute atomic E-state index is 0.266. The zero-order valence-electron chi connectivity index (χ0n) is 8.83. The van der Waals surface area contributed by atoms with Gasteiger partial charge < -0.3 is 4.74 Å². The number of ether oxygens (including phenoxy) is 1. The molecule has 0 aliphatic heterocycles. The molecule has 14 heavy (non-hydrogen) atoms. The zero-order chi connectivity index (χ0) is 10.6. The van der Waals surface area contributed by atoms with Gasteiger partial charge in [0, 0.05) is 6.20 Å². The second kappa shape index (κ2) is 5.32. The third-order valence-electron chi connectivity index (χ3n) is 2.24. The molecule has 0 aliphatic rings. The normalized spacial score (nSPS) is 13.2. The van der Waals surface area contributed by atoms with E-state index in [0.29, 0.717) is 17.7 Å². The number of pyridine rings is 1. The van der Waals surface area contributed by atoms with Crippen LogP contribution in [0.4, 0.5) is 0 Å². The first kappa shape index (κ1) is 11.5. The van der Waals surface area contributed by atoms with Crippen molar-refractivity contribution in [2.75, 3.05) is 0 Å². The molecule has 0 saturated heterocycles. The molecule has 1 aromatic heterocycles. The van der Waals surface area contributed by atoms with Crippen molar-refractivity contribution in [3.63, 3.8) is 0 Å². The highest BCUT2D eigenvalue weighted by atomic mass is 35.5. The maximum absolute atomic E-state index is 5.76. The highest BCUT2D eigenvalue weighted by Gasteiger charge is 2.07. The van der Waals surface area contributed by atoms with E-state index in [2.05, 4.69) is 25.8 Å². The van der Waals surface area contributed by atoms with Gasteiger partial charge in [-0.25, -0.2) is 4.98 Å². The Morgan fingerprint density at radius 2 is 2.14 bits per heavy atom. The molecule has 0 fully saturated rings. The van der Waals surface area contributed by atoms with E-state index in [-0.39, 0.29) is 6.10 Å². The third-order valence-corrected chi connectivity index (χ3v) is 2.45. The summed E-state index contributed by atoms with van der Waals surface area (Å²) in [5, 5.41) is 0.517. The van der Waals surface area contributed by atoms with Crippen molar-refractivity contribution < 1.29 is 4.74 Å². The van der Waals surface area contributed by atoms with Crippen LogP contribution in [0.2, 0.25) is 5.15 Å². The Morgan fingerprint density at radius 3 is 2.71 bits per heavy atom. The standard InChI is InChI=1S/C11H16ClNO/c1-8(2)9(3)14-7-10-4-5-13-11(12)6-10/h4-6,8-9H,7H2,1-3H3. The first-order valence-corrected chi connectivity index (χ1v) is 5.19. The molecule has 0 aromatic carbocycles. The van der Waals surface area contributed by atoms with E-state index in [4.69, 9.17) is 16.3 Å². The highest BCUT2D eigenvalue weighted by molar-refractivity contribution is 6.29. The van der Waals surface area contributed by atoms with Crippen molar-refractivity contribution in [2.24, 2.45) is 5.92 Å². The van der Waals surface area contributed by atoms with Gasteiger partial charge in [-0.2, -0.15) is 0 Å². The lowest BCUT2D eigenvalue weighted by Gasteiger charge is -2.16.